The van der Waals surface area contributed by atoms with Crippen molar-refractivity contribution in [2.75, 3.05) is 23.9 Å². The van der Waals surface area contributed by atoms with Gasteiger partial charge in [-0.05, 0) is 73.2 Å². The SMILES string of the molecule is CCCCCCCCc1ccc(N(c2ccc(CCCCCCCC)cc2)C2(c3ccc(N(C)C)cc3)OC(=O)c3nccnc32)cc1. The summed E-state index contributed by atoms with van der Waals surface area (Å²) in [5.74, 6) is -0.473. The molecule has 254 valence electrons. The third-order valence-electron chi connectivity index (χ3n) is 9.57. The number of rotatable bonds is 19. The lowest BCUT2D eigenvalue weighted by Crippen LogP contribution is -2.45. The quantitative estimate of drug-likeness (QED) is 0.0746. The largest absolute Gasteiger partial charge is 0.423 e. The highest BCUT2D eigenvalue weighted by Crippen LogP contribution is 2.49. The van der Waals surface area contributed by atoms with Crippen LogP contribution in [0.3, 0.4) is 0 Å². The van der Waals surface area contributed by atoms with Gasteiger partial charge in [0.05, 0.1) is 0 Å². The molecule has 0 spiro atoms. The fraction of sp³-hybridized carbons (Fsp3) is 0.452. The molecule has 6 nitrogen and oxygen atoms in total. The van der Waals surface area contributed by atoms with Crippen molar-refractivity contribution in [3.8, 4) is 0 Å². The van der Waals surface area contributed by atoms with Gasteiger partial charge in [0.1, 0.15) is 5.69 Å². The number of carbonyl (C=O) groups excluding carboxylic acids is 1. The Bertz CT molecular complexity index is 1510. The van der Waals surface area contributed by atoms with E-state index in [0.717, 1.165) is 35.5 Å². The van der Waals surface area contributed by atoms with Crippen molar-refractivity contribution in [1.29, 1.82) is 0 Å². The fourth-order valence-electron chi connectivity index (χ4n) is 6.78. The van der Waals surface area contributed by atoms with Crippen LogP contribution in [0.25, 0.3) is 0 Å². The van der Waals surface area contributed by atoms with Gasteiger partial charge < -0.3 is 9.64 Å². The van der Waals surface area contributed by atoms with Gasteiger partial charge in [-0.1, -0.05) is 114 Å². The molecule has 2 heterocycles. The van der Waals surface area contributed by atoms with Crippen LogP contribution in [0, 0.1) is 0 Å². The van der Waals surface area contributed by atoms with E-state index in [0.29, 0.717) is 5.69 Å². The van der Waals surface area contributed by atoms with E-state index in [2.05, 4.69) is 89.3 Å². The van der Waals surface area contributed by atoms with Gasteiger partial charge in [-0.15, -0.1) is 0 Å². The number of aromatic nitrogens is 2. The van der Waals surface area contributed by atoms with Crippen LogP contribution in [-0.4, -0.2) is 30.0 Å². The van der Waals surface area contributed by atoms with E-state index in [4.69, 9.17) is 9.72 Å². The Balaban J connectivity index is 1.52. The molecule has 3 aromatic carbocycles. The number of hydrogen-bond acceptors (Lipinski definition) is 6. The number of cyclic esters (lactones) is 1. The van der Waals surface area contributed by atoms with Crippen molar-refractivity contribution in [2.24, 2.45) is 0 Å². The van der Waals surface area contributed by atoms with Crippen LogP contribution in [0.5, 0.6) is 0 Å². The molecule has 48 heavy (non-hydrogen) atoms. The molecule has 0 bridgehead atoms. The molecule has 4 aromatic rings. The maximum Gasteiger partial charge on any atom is 0.361 e. The molecular weight excluding hydrogens is 592 g/mol. The first-order valence-corrected chi connectivity index (χ1v) is 18.3. The van der Waals surface area contributed by atoms with Crippen LogP contribution >= 0.6 is 0 Å². The van der Waals surface area contributed by atoms with Gasteiger partial charge in [0.25, 0.3) is 5.72 Å². The molecule has 1 atom stereocenters. The Kier molecular flexibility index (Phi) is 12.6. The zero-order valence-electron chi connectivity index (χ0n) is 29.6. The van der Waals surface area contributed by atoms with Gasteiger partial charge in [0.15, 0.2) is 5.69 Å². The van der Waals surface area contributed by atoms with Crippen LogP contribution in [0.1, 0.15) is 124 Å². The van der Waals surface area contributed by atoms with Gasteiger partial charge in [-0.3, -0.25) is 9.88 Å². The van der Waals surface area contributed by atoms with E-state index in [1.807, 2.05) is 26.2 Å². The number of anilines is 3. The second-order valence-electron chi connectivity index (χ2n) is 13.4. The minimum Gasteiger partial charge on any atom is -0.423 e. The molecule has 0 saturated carbocycles. The Labute approximate surface area is 288 Å². The standard InChI is InChI=1S/C42H54N4O2/c1-5-7-9-11-13-15-17-33-19-25-37(26-20-33)46(38-27-21-34(22-28-38)18-16-14-12-10-8-6-2)42(35-23-29-36(30-24-35)45(3)4)40-39(41(47)48-42)43-31-32-44-40/h19-32H,5-18H2,1-4H3. The van der Waals surface area contributed by atoms with Crippen LogP contribution in [0.2, 0.25) is 0 Å². The highest BCUT2D eigenvalue weighted by Gasteiger charge is 2.55. The topological polar surface area (TPSA) is 58.6 Å². The number of nitrogens with zero attached hydrogens (tertiary/aromatic N) is 4. The van der Waals surface area contributed by atoms with Crippen molar-refractivity contribution in [3.63, 3.8) is 0 Å². The van der Waals surface area contributed by atoms with E-state index in [1.165, 1.54) is 88.2 Å². The fourth-order valence-corrected chi connectivity index (χ4v) is 6.78. The molecule has 0 N–H and O–H groups in total. The minimum absolute atomic E-state index is 0.249. The lowest BCUT2D eigenvalue weighted by Gasteiger charge is -2.41. The van der Waals surface area contributed by atoms with E-state index in [9.17, 15) is 4.79 Å². The molecule has 1 unspecified atom stereocenters. The molecule has 0 amide bonds. The third kappa shape index (κ3) is 8.26. The second kappa shape index (κ2) is 17.3. The summed E-state index contributed by atoms with van der Waals surface area (Å²) in [7, 11) is 4.04. The Morgan fingerprint density at radius 2 is 1.04 bits per heavy atom. The van der Waals surface area contributed by atoms with E-state index < -0.39 is 11.7 Å². The molecule has 1 aromatic heterocycles. The highest BCUT2D eigenvalue weighted by atomic mass is 16.6. The maximum atomic E-state index is 13.6. The Morgan fingerprint density at radius 3 is 1.54 bits per heavy atom. The number of ether oxygens (including phenoxy) is 1. The summed E-state index contributed by atoms with van der Waals surface area (Å²) in [6, 6.07) is 25.7. The second-order valence-corrected chi connectivity index (χ2v) is 13.4. The van der Waals surface area contributed by atoms with Gasteiger partial charge >= 0.3 is 5.97 Å². The summed E-state index contributed by atoms with van der Waals surface area (Å²) < 4.78 is 6.51. The average Bonchev–Trinajstić information content (AvgIpc) is 3.41. The lowest BCUT2D eigenvalue weighted by atomic mass is 9.94. The maximum absolute atomic E-state index is 13.6. The van der Waals surface area contributed by atoms with Crippen molar-refractivity contribution >= 4 is 23.0 Å². The van der Waals surface area contributed by atoms with Gasteiger partial charge in [-0.2, -0.15) is 0 Å². The van der Waals surface area contributed by atoms with E-state index >= 15 is 0 Å². The third-order valence-corrected chi connectivity index (χ3v) is 9.57. The lowest BCUT2D eigenvalue weighted by molar-refractivity contribution is 0.0120. The smallest absolute Gasteiger partial charge is 0.361 e. The Hall–Kier alpha value is -4.19. The zero-order chi connectivity index (χ0) is 33.8. The summed E-state index contributed by atoms with van der Waals surface area (Å²) in [6.07, 6.45) is 20.6. The first-order chi connectivity index (χ1) is 23.5. The van der Waals surface area contributed by atoms with Crippen LogP contribution < -0.4 is 9.80 Å². The molecule has 1 aliphatic rings. The summed E-state index contributed by atoms with van der Waals surface area (Å²) in [6.45, 7) is 4.52. The predicted octanol–water partition coefficient (Wildman–Crippen LogP) is 10.6. The first-order valence-electron chi connectivity index (χ1n) is 18.3. The number of aryl methyl sites for hydroxylation is 2. The number of unbranched alkanes of at least 4 members (excludes halogenated alkanes) is 10. The first kappa shape index (κ1) is 35.1. The zero-order valence-corrected chi connectivity index (χ0v) is 29.6. The van der Waals surface area contributed by atoms with Crippen molar-refractivity contribution in [2.45, 2.75) is 109 Å². The number of fused-ring (bicyclic) bond motifs is 1. The van der Waals surface area contributed by atoms with Crippen LogP contribution in [0.15, 0.2) is 85.2 Å². The molecule has 5 rings (SSSR count). The van der Waals surface area contributed by atoms with Crippen LogP contribution in [-0.2, 0) is 23.3 Å². The van der Waals surface area contributed by atoms with E-state index in [-0.39, 0.29) is 5.69 Å². The molecule has 0 aliphatic carbocycles. The van der Waals surface area contributed by atoms with Crippen LogP contribution in [0.4, 0.5) is 17.1 Å². The van der Waals surface area contributed by atoms with Gasteiger partial charge in [-0.25, -0.2) is 9.78 Å². The molecule has 0 fully saturated rings. The minimum atomic E-state index is -1.34. The number of carbonyl (C=O) groups is 1. The Morgan fingerprint density at radius 1 is 0.583 bits per heavy atom. The van der Waals surface area contributed by atoms with E-state index in [1.54, 1.807) is 12.4 Å². The van der Waals surface area contributed by atoms with Crippen molar-refractivity contribution in [1.82, 2.24) is 9.97 Å². The van der Waals surface area contributed by atoms with Gasteiger partial charge in [0.2, 0.25) is 0 Å². The molecular formula is C42H54N4O2. The number of benzene rings is 3. The van der Waals surface area contributed by atoms with Crippen molar-refractivity contribution in [3.05, 3.63) is 113 Å². The summed E-state index contributed by atoms with van der Waals surface area (Å²) >= 11 is 0. The summed E-state index contributed by atoms with van der Waals surface area (Å²) in [4.78, 5) is 27.0. The number of hydrogen-bond donors (Lipinski definition) is 0. The van der Waals surface area contributed by atoms with Gasteiger partial charge in [0, 0.05) is 49.1 Å². The average molecular weight is 647 g/mol. The summed E-state index contributed by atoms with van der Waals surface area (Å²) in [5, 5.41) is 0. The highest BCUT2D eigenvalue weighted by molar-refractivity contribution is 5.94. The predicted molar refractivity (Wildman–Crippen MR) is 198 cm³/mol. The molecule has 0 saturated heterocycles. The normalized spacial score (nSPS) is 15.3. The number of esters is 1. The van der Waals surface area contributed by atoms with Crippen molar-refractivity contribution < 1.29 is 9.53 Å². The summed E-state index contributed by atoms with van der Waals surface area (Å²) in [5.41, 5.74) is 5.76. The molecule has 1 aliphatic heterocycles. The molecule has 6 heteroatoms. The molecule has 0 radical (unpaired) electrons. The monoisotopic (exact) mass is 646 g/mol.